The highest BCUT2D eigenvalue weighted by molar-refractivity contribution is 5.68. The first kappa shape index (κ1) is 10.5. The summed E-state index contributed by atoms with van der Waals surface area (Å²) in [6.45, 7) is 4.11. The van der Waals surface area contributed by atoms with Crippen molar-refractivity contribution in [1.82, 2.24) is 19.1 Å². The molecule has 2 aromatic rings. The Bertz CT molecular complexity index is 700. The lowest BCUT2D eigenvalue weighted by molar-refractivity contribution is 0.672. The Hall–Kier alpha value is -2.05. The molecule has 7 heteroatoms. The molecule has 0 atom stereocenters. The van der Waals surface area contributed by atoms with E-state index in [1.165, 1.54) is 4.57 Å². The van der Waals surface area contributed by atoms with Crippen molar-refractivity contribution in [1.29, 1.82) is 0 Å². The number of aryl methyl sites for hydroxylation is 1. The van der Waals surface area contributed by atoms with Gasteiger partial charge in [-0.25, -0.2) is 9.59 Å². The van der Waals surface area contributed by atoms with E-state index in [9.17, 15) is 14.4 Å². The van der Waals surface area contributed by atoms with E-state index in [4.69, 9.17) is 0 Å². The molecule has 0 aromatic carbocycles. The molecule has 0 unspecified atom stereocenters. The van der Waals surface area contributed by atoms with Crippen molar-refractivity contribution in [2.75, 3.05) is 0 Å². The molecule has 0 fully saturated rings. The number of nitrogens with zero attached hydrogens (tertiary/aromatic N) is 2. The fraction of sp³-hybridized carbons (Fsp3) is 0.444. The van der Waals surface area contributed by atoms with E-state index in [0.717, 1.165) is 4.57 Å². The van der Waals surface area contributed by atoms with Crippen molar-refractivity contribution in [3.05, 3.63) is 31.3 Å². The summed E-state index contributed by atoms with van der Waals surface area (Å²) < 4.78 is 2.36. The second-order valence-electron chi connectivity index (χ2n) is 3.38. The Morgan fingerprint density at radius 1 is 0.938 bits per heavy atom. The van der Waals surface area contributed by atoms with E-state index in [2.05, 4.69) is 9.97 Å². The van der Waals surface area contributed by atoms with Crippen LogP contribution in [0.25, 0.3) is 11.2 Å². The van der Waals surface area contributed by atoms with Gasteiger partial charge in [-0.05, 0) is 13.8 Å². The van der Waals surface area contributed by atoms with Gasteiger partial charge in [0.05, 0.1) is 0 Å². The average Bonchev–Trinajstić information content (AvgIpc) is 2.54. The first-order valence-corrected chi connectivity index (χ1v) is 5.05. The summed E-state index contributed by atoms with van der Waals surface area (Å²) in [7, 11) is 0. The molecule has 7 nitrogen and oxygen atoms in total. The van der Waals surface area contributed by atoms with Crippen LogP contribution in [0.15, 0.2) is 14.4 Å². The number of imidazole rings is 1. The van der Waals surface area contributed by atoms with Gasteiger partial charge in [0.1, 0.15) is 5.65 Å². The molecule has 2 N–H and O–H groups in total. The van der Waals surface area contributed by atoms with Crippen molar-refractivity contribution in [3.8, 4) is 0 Å². The molecule has 0 aliphatic heterocycles. The minimum Gasteiger partial charge on any atom is -0.291 e. The summed E-state index contributed by atoms with van der Waals surface area (Å²) in [5.74, 6) is 0. The van der Waals surface area contributed by atoms with Crippen LogP contribution < -0.4 is 16.9 Å². The molecule has 0 bridgehead atoms. The number of rotatable bonds is 2. The third-order valence-corrected chi connectivity index (χ3v) is 2.54. The van der Waals surface area contributed by atoms with Gasteiger partial charge in [-0.3, -0.25) is 23.9 Å². The number of nitrogens with one attached hydrogen (secondary N) is 2. The van der Waals surface area contributed by atoms with Crippen LogP contribution in [0.1, 0.15) is 13.8 Å². The monoisotopic (exact) mass is 224 g/mol. The SMILES string of the molecule is CCn1c(=O)[nH]c2[nH]c(=O)n(CC)c2c1=O. The van der Waals surface area contributed by atoms with Gasteiger partial charge >= 0.3 is 11.4 Å². The summed E-state index contributed by atoms with van der Waals surface area (Å²) in [5, 5.41) is 0. The second kappa shape index (κ2) is 3.51. The fourth-order valence-corrected chi connectivity index (χ4v) is 1.77. The zero-order valence-electron chi connectivity index (χ0n) is 9.03. The van der Waals surface area contributed by atoms with E-state index in [1.54, 1.807) is 13.8 Å². The predicted molar refractivity (Wildman–Crippen MR) is 58.8 cm³/mol. The Labute approximate surface area is 89.3 Å². The Balaban J connectivity index is 3.07. The number of H-pyrrole nitrogens is 2. The van der Waals surface area contributed by atoms with Crippen molar-refractivity contribution in [2.24, 2.45) is 0 Å². The van der Waals surface area contributed by atoms with Gasteiger partial charge in [0, 0.05) is 13.1 Å². The van der Waals surface area contributed by atoms with Crippen LogP contribution >= 0.6 is 0 Å². The summed E-state index contributed by atoms with van der Waals surface area (Å²) >= 11 is 0. The molecule has 2 heterocycles. The third-order valence-electron chi connectivity index (χ3n) is 2.54. The molecule has 0 spiro atoms. The minimum absolute atomic E-state index is 0.187. The zero-order valence-corrected chi connectivity index (χ0v) is 9.03. The van der Waals surface area contributed by atoms with Crippen molar-refractivity contribution < 1.29 is 0 Å². The van der Waals surface area contributed by atoms with E-state index < -0.39 is 11.2 Å². The standard InChI is InChI=1S/C9H12N4O3/c1-3-12-5-6(10-8(12)15)11-9(16)13(4-2)7(5)14/h3-4H2,1-2H3,(H,10,15)(H,11,16). The molecule has 16 heavy (non-hydrogen) atoms. The van der Waals surface area contributed by atoms with Gasteiger partial charge in [0.15, 0.2) is 5.52 Å². The van der Waals surface area contributed by atoms with Gasteiger partial charge in [0.25, 0.3) is 5.56 Å². The smallest absolute Gasteiger partial charge is 0.291 e. The molecular weight excluding hydrogens is 212 g/mol. The zero-order chi connectivity index (χ0) is 11.9. The van der Waals surface area contributed by atoms with E-state index >= 15 is 0 Å². The lowest BCUT2D eigenvalue weighted by Crippen LogP contribution is -2.35. The first-order valence-electron chi connectivity index (χ1n) is 5.05. The Morgan fingerprint density at radius 2 is 1.44 bits per heavy atom. The van der Waals surface area contributed by atoms with Crippen LogP contribution in [0.2, 0.25) is 0 Å². The minimum atomic E-state index is -0.510. The highest BCUT2D eigenvalue weighted by Crippen LogP contribution is 1.98. The summed E-state index contributed by atoms with van der Waals surface area (Å²) in [6, 6.07) is 0. The molecule has 0 saturated heterocycles. The van der Waals surface area contributed by atoms with Gasteiger partial charge < -0.3 is 0 Å². The third kappa shape index (κ3) is 1.24. The van der Waals surface area contributed by atoms with Crippen LogP contribution in [0.4, 0.5) is 0 Å². The van der Waals surface area contributed by atoms with E-state index in [-0.39, 0.29) is 23.4 Å². The van der Waals surface area contributed by atoms with Crippen LogP contribution in [-0.2, 0) is 13.1 Å². The summed E-state index contributed by atoms with van der Waals surface area (Å²) in [4.78, 5) is 39.8. The van der Waals surface area contributed by atoms with Gasteiger partial charge in [-0.1, -0.05) is 0 Å². The number of hydrogen-bond donors (Lipinski definition) is 2. The maximum atomic E-state index is 11.9. The lowest BCUT2D eigenvalue weighted by Gasteiger charge is -2.01. The molecule has 2 rings (SSSR count). The molecule has 0 aliphatic rings. The Morgan fingerprint density at radius 3 is 1.94 bits per heavy atom. The second-order valence-corrected chi connectivity index (χ2v) is 3.38. The number of aromatic amines is 2. The quantitative estimate of drug-likeness (QED) is 0.700. The maximum absolute atomic E-state index is 11.9. The highest BCUT2D eigenvalue weighted by Gasteiger charge is 2.13. The average molecular weight is 224 g/mol. The largest absolute Gasteiger partial charge is 0.330 e. The first-order chi connectivity index (χ1) is 7.60. The molecule has 0 saturated carbocycles. The van der Waals surface area contributed by atoms with E-state index in [0.29, 0.717) is 6.54 Å². The van der Waals surface area contributed by atoms with Crippen LogP contribution in [-0.4, -0.2) is 19.1 Å². The lowest BCUT2D eigenvalue weighted by atomic mass is 10.5. The van der Waals surface area contributed by atoms with Gasteiger partial charge in [-0.2, -0.15) is 0 Å². The molecule has 0 radical (unpaired) electrons. The highest BCUT2D eigenvalue weighted by atomic mass is 16.2. The summed E-state index contributed by atoms with van der Waals surface area (Å²) in [6.07, 6.45) is 0. The molecule has 0 amide bonds. The van der Waals surface area contributed by atoms with Crippen LogP contribution in [0, 0.1) is 0 Å². The van der Waals surface area contributed by atoms with Crippen LogP contribution in [0.5, 0.6) is 0 Å². The van der Waals surface area contributed by atoms with Crippen molar-refractivity contribution in [2.45, 2.75) is 26.9 Å². The molecule has 86 valence electrons. The maximum Gasteiger partial charge on any atom is 0.330 e. The predicted octanol–water partition coefficient (Wildman–Crippen LogP) is -0.781. The fourth-order valence-electron chi connectivity index (χ4n) is 1.77. The van der Waals surface area contributed by atoms with E-state index in [1.807, 2.05) is 0 Å². The molecular formula is C9H12N4O3. The Kier molecular flexibility index (Phi) is 2.30. The summed E-state index contributed by atoms with van der Waals surface area (Å²) in [5.41, 5.74) is -0.939. The molecule has 0 aliphatic carbocycles. The number of fused-ring (bicyclic) bond motifs is 1. The normalized spacial score (nSPS) is 11.1. The molecule has 2 aromatic heterocycles. The topological polar surface area (TPSA) is 92.7 Å². The van der Waals surface area contributed by atoms with Crippen molar-refractivity contribution >= 4 is 11.2 Å². The number of hydrogen-bond acceptors (Lipinski definition) is 3. The van der Waals surface area contributed by atoms with Crippen LogP contribution in [0.3, 0.4) is 0 Å². The van der Waals surface area contributed by atoms with Gasteiger partial charge in [-0.15, -0.1) is 0 Å². The van der Waals surface area contributed by atoms with Crippen molar-refractivity contribution in [3.63, 3.8) is 0 Å². The van der Waals surface area contributed by atoms with Gasteiger partial charge in [0.2, 0.25) is 0 Å². The number of aromatic nitrogens is 4.